The fourth-order valence-electron chi connectivity index (χ4n) is 5.67. The van der Waals surface area contributed by atoms with E-state index in [0.717, 1.165) is 16.6 Å². The van der Waals surface area contributed by atoms with Crippen molar-refractivity contribution in [3.05, 3.63) is 89.7 Å². The van der Waals surface area contributed by atoms with Crippen molar-refractivity contribution >= 4 is 43.7 Å². The van der Waals surface area contributed by atoms with Crippen LogP contribution in [0.25, 0.3) is 56.0 Å². The molecule has 1 amide bonds. The number of ether oxygens (including phenoxy) is 1. The maximum Gasteiger partial charge on any atom is 0.255 e. The van der Waals surface area contributed by atoms with Crippen LogP contribution in [0.4, 0.5) is 23.2 Å². The first kappa shape index (κ1) is 34.5. The van der Waals surface area contributed by atoms with E-state index in [9.17, 15) is 30.8 Å². The number of oxazole rings is 1. The maximum atomic E-state index is 14.8. The van der Waals surface area contributed by atoms with E-state index >= 15 is 0 Å². The third-order valence-electron chi connectivity index (χ3n) is 8.10. The molecule has 0 aliphatic rings. The van der Waals surface area contributed by atoms with Crippen LogP contribution in [-0.2, 0) is 10.0 Å². The zero-order valence-corrected chi connectivity index (χ0v) is 28.3. The van der Waals surface area contributed by atoms with Gasteiger partial charge in [0.15, 0.2) is 11.4 Å². The van der Waals surface area contributed by atoms with Crippen molar-refractivity contribution < 1.29 is 44.3 Å². The van der Waals surface area contributed by atoms with Crippen LogP contribution in [0.5, 0.6) is 5.75 Å². The number of hydrogen-bond donors (Lipinski definition) is 1. The normalized spacial score (nSPS) is 12.1. The molecule has 0 saturated heterocycles. The van der Waals surface area contributed by atoms with Crippen molar-refractivity contribution in [1.82, 2.24) is 10.3 Å². The maximum absolute atomic E-state index is 14.8. The Morgan fingerprint density at radius 2 is 1.64 bits per heavy atom. The van der Waals surface area contributed by atoms with Crippen LogP contribution in [0.3, 0.4) is 0 Å². The number of sulfonamides is 1. The molecule has 6 aromatic rings. The van der Waals surface area contributed by atoms with Crippen molar-refractivity contribution in [2.75, 3.05) is 31.3 Å². The predicted octanol–water partition coefficient (Wildman–Crippen LogP) is 8.26. The summed E-state index contributed by atoms with van der Waals surface area (Å²) in [6.45, 7) is 2.41. The van der Waals surface area contributed by atoms with Crippen molar-refractivity contribution in [1.29, 1.82) is 0 Å². The van der Waals surface area contributed by atoms with Crippen LogP contribution >= 0.6 is 0 Å². The molecular weight excluding hydrogens is 678 g/mol. The Balaban J connectivity index is 1.66. The van der Waals surface area contributed by atoms with Gasteiger partial charge in [0.25, 0.3) is 5.91 Å². The quantitative estimate of drug-likeness (QED) is 0.143. The minimum absolute atomic E-state index is 0.0777. The number of halogens is 4. The molecule has 0 radical (unpaired) electrons. The molecule has 2 heterocycles. The lowest BCUT2D eigenvalue weighted by atomic mass is 9.96. The van der Waals surface area contributed by atoms with Crippen molar-refractivity contribution in [3.8, 4) is 39.7 Å². The molecule has 0 bridgehead atoms. The van der Waals surface area contributed by atoms with Gasteiger partial charge >= 0.3 is 0 Å². The van der Waals surface area contributed by atoms with Gasteiger partial charge in [-0.25, -0.2) is 31.0 Å². The Bertz CT molecular complexity index is 2380. The van der Waals surface area contributed by atoms with E-state index in [2.05, 4.69) is 10.3 Å². The van der Waals surface area contributed by atoms with E-state index in [1.807, 2.05) is 0 Å². The summed E-state index contributed by atoms with van der Waals surface area (Å²) in [4.78, 5) is 17.6. The number of benzene rings is 4. The fourth-order valence-corrected chi connectivity index (χ4v) is 6.61. The SMILES string of the molecule is CNC(=O)c1c(-c2ccc(F)cc2)oc2cc(N(CCC(C)(C)F)S(C)(=O)=O)c(-c3ccc(OC)c(-c4nc5cc(F)cc(F)c5o4)c3)cc12. The molecule has 50 heavy (non-hydrogen) atoms. The van der Waals surface area contributed by atoms with E-state index in [1.54, 1.807) is 24.3 Å². The number of rotatable bonds is 10. The number of furan rings is 1. The molecular formula is C36H31F4N3O6S. The highest BCUT2D eigenvalue weighted by Gasteiger charge is 2.29. The topological polar surface area (TPSA) is 115 Å². The van der Waals surface area contributed by atoms with Gasteiger partial charge in [0, 0.05) is 48.3 Å². The van der Waals surface area contributed by atoms with E-state index in [1.165, 1.54) is 58.3 Å². The number of nitrogens with one attached hydrogen (secondary N) is 1. The molecule has 4 aromatic carbocycles. The number of nitrogens with zero attached hydrogens (tertiary/aromatic N) is 2. The standard InChI is InChI=1S/C36H31F4N3O6S/c1-36(2,40)12-13-43(50(5,45)46)28-18-30-24(31(34(44)41-3)32(48-30)19-6-9-21(37)10-7-19)17-23(28)20-8-11-29(47-4)25(14-20)35-42-27-16-22(38)15-26(39)33(27)49-35/h6-11,14-18H,12-13H2,1-5H3,(H,41,44). The summed E-state index contributed by atoms with van der Waals surface area (Å²) in [5, 5.41) is 2.88. The Hall–Kier alpha value is -5.37. The molecule has 0 unspecified atom stereocenters. The van der Waals surface area contributed by atoms with Crippen molar-refractivity contribution in [2.45, 2.75) is 25.9 Å². The fraction of sp³-hybridized carbons (Fsp3) is 0.222. The third-order valence-corrected chi connectivity index (χ3v) is 9.28. The number of anilines is 1. The number of fused-ring (bicyclic) bond motifs is 2. The number of carbonyl (C=O) groups is 1. The summed E-state index contributed by atoms with van der Waals surface area (Å²) in [5.74, 6) is -2.60. The molecule has 6 rings (SSSR count). The average molecular weight is 710 g/mol. The molecule has 0 fully saturated rings. The molecule has 0 spiro atoms. The number of alkyl halides is 1. The molecule has 0 aliphatic heterocycles. The number of amides is 1. The van der Waals surface area contributed by atoms with Gasteiger partial charge in [0.2, 0.25) is 15.9 Å². The van der Waals surface area contributed by atoms with Crippen molar-refractivity contribution in [3.63, 3.8) is 0 Å². The van der Waals surface area contributed by atoms with E-state index < -0.39 is 39.1 Å². The predicted molar refractivity (Wildman–Crippen MR) is 182 cm³/mol. The molecule has 0 atom stereocenters. The molecule has 0 saturated carbocycles. The molecule has 260 valence electrons. The summed E-state index contributed by atoms with van der Waals surface area (Å²) >= 11 is 0. The summed E-state index contributed by atoms with van der Waals surface area (Å²) in [5.41, 5.74) is -0.531. The van der Waals surface area contributed by atoms with Gasteiger partial charge < -0.3 is 18.9 Å². The zero-order valence-electron chi connectivity index (χ0n) is 27.5. The lowest BCUT2D eigenvalue weighted by Gasteiger charge is -2.27. The van der Waals surface area contributed by atoms with Gasteiger partial charge in [0.1, 0.15) is 39.9 Å². The van der Waals surface area contributed by atoms with Crippen molar-refractivity contribution in [2.24, 2.45) is 0 Å². The second-order valence-electron chi connectivity index (χ2n) is 12.2. The van der Waals surface area contributed by atoms with Crippen LogP contribution < -0.4 is 14.4 Å². The van der Waals surface area contributed by atoms with E-state index in [4.69, 9.17) is 13.6 Å². The van der Waals surface area contributed by atoms with Crippen LogP contribution in [0, 0.1) is 17.5 Å². The molecule has 9 nitrogen and oxygen atoms in total. The highest BCUT2D eigenvalue weighted by atomic mass is 32.2. The number of aromatic nitrogens is 1. The minimum atomic E-state index is -4.05. The first-order valence-corrected chi connectivity index (χ1v) is 17.1. The molecule has 2 aromatic heterocycles. The van der Waals surface area contributed by atoms with Gasteiger partial charge in [0.05, 0.1) is 30.2 Å². The summed E-state index contributed by atoms with van der Waals surface area (Å²) in [7, 11) is -1.23. The molecule has 0 aliphatic carbocycles. The van der Waals surface area contributed by atoms with Gasteiger partial charge in [-0.05, 0) is 68.3 Å². The van der Waals surface area contributed by atoms with E-state index in [0.29, 0.717) is 22.6 Å². The van der Waals surface area contributed by atoms with E-state index in [-0.39, 0.29) is 69.4 Å². The Labute approximate surface area is 284 Å². The Kier molecular flexibility index (Phi) is 8.85. The van der Waals surface area contributed by atoms with Gasteiger partial charge in [-0.15, -0.1) is 0 Å². The number of carbonyl (C=O) groups excluding carboxylic acids is 1. The summed E-state index contributed by atoms with van der Waals surface area (Å²) in [6.07, 6.45) is 0.818. The molecule has 1 N–H and O–H groups in total. The van der Waals surface area contributed by atoms with Gasteiger partial charge in [-0.2, -0.15) is 0 Å². The first-order chi connectivity index (χ1) is 23.6. The Morgan fingerprint density at radius 3 is 2.28 bits per heavy atom. The van der Waals surface area contributed by atoms with Crippen LogP contribution in [-0.4, -0.2) is 51.9 Å². The average Bonchev–Trinajstić information content (AvgIpc) is 3.65. The molecule has 14 heteroatoms. The summed E-state index contributed by atoms with van der Waals surface area (Å²) in [6, 6.07) is 14.7. The smallest absolute Gasteiger partial charge is 0.255 e. The Morgan fingerprint density at radius 1 is 0.940 bits per heavy atom. The highest BCUT2D eigenvalue weighted by molar-refractivity contribution is 7.92. The van der Waals surface area contributed by atoms with Crippen LogP contribution in [0.1, 0.15) is 30.6 Å². The zero-order chi connectivity index (χ0) is 36.1. The number of methoxy groups -OCH3 is 1. The number of hydrogen-bond acceptors (Lipinski definition) is 7. The van der Waals surface area contributed by atoms with Gasteiger partial charge in [-0.1, -0.05) is 6.07 Å². The lowest BCUT2D eigenvalue weighted by Crippen LogP contribution is -2.34. The second kappa shape index (κ2) is 12.8. The monoisotopic (exact) mass is 709 g/mol. The highest BCUT2D eigenvalue weighted by Crippen LogP contribution is 2.44. The lowest BCUT2D eigenvalue weighted by molar-refractivity contribution is 0.0964. The minimum Gasteiger partial charge on any atom is -0.496 e. The first-order valence-electron chi connectivity index (χ1n) is 15.3. The third kappa shape index (κ3) is 6.62. The van der Waals surface area contributed by atoms with Crippen LogP contribution in [0.15, 0.2) is 75.6 Å². The van der Waals surface area contributed by atoms with Gasteiger partial charge in [-0.3, -0.25) is 9.10 Å². The summed E-state index contributed by atoms with van der Waals surface area (Å²) < 4.78 is 102. The largest absolute Gasteiger partial charge is 0.496 e. The van der Waals surface area contributed by atoms with Crippen LogP contribution in [0.2, 0.25) is 0 Å². The second-order valence-corrected chi connectivity index (χ2v) is 14.1.